The summed E-state index contributed by atoms with van der Waals surface area (Å²) < 4.78 is 37.3. The van der Waals surface area contributed by atoms with Crippen LogP contribution in [0.3, 0.4) is 0 Å². The molecule has 0 aliphatic heterocycles. The molecule has 2 aromatic carbocycles. The summed E-state index contributed by atoms with van der Waals surface area (Å²) in [7, 11) is -2.25. The van der Waals surface area contributed by atoms with Crippen LogP contribution in [-0.2, 0) is 21.4 Å². The number of sulfonamides is 1. The Labute approximate surface area is 135 Å². The summed E-state index contributed by atoms with van der Waals surface area (Å²) in [4.78, 5) is 11.0. The molecular weight excluding hydrogens is 318 g/mol. The second kappa shape index (κ2) is 7.26. The summed E-state index contributed by atoms with van der Waals surface area (Å²) in [6.45, 7) is 1.33. The van der Waals surface area contributed by atoms with Crippen molar-refractivity contribution in [3.63, 3.8) is 0 Å². The highest BCUT2D eigenvalue weighted by molar-refractivity contribution is 7.89. The zero-order valence-electron chi connectivity index (χ0n) is 12.8. The first-order valence-electron chi connectivity index (χ1n) is 6.82. The predicted molar refractivity (Wildman–Crippen MR) is 84.8 cm³/mol. The summed E-state index contributed by atoms with van der Waals surface area (Å²) in [5.41, 5.74) is 0.777. The number of carbonyl (C=O) groups is 1. The third-order valence-corrected chi connectivity index (χ3v) is 4.46. The molecule has 1 N–H and O–H groups in total. The lowest BCUT2D eigenvalue weighted by Crippen LogP contribution is -2.24. The zero-order valence-corrected chi connectivity index (χ0v) is 13.6. The van der Waals surface area contributed by atoms with Crippen molar-refractivity contribution in [3.05, 3.63) is 54.1 Å². The molecule has 0 aromatic heterocycles. The molecule has 0 heterocycles. The maximum atomic E-state index is 12.4. The van der Waals surface area contributed by atoms with Gasteiger partial charge in [0.1, 0.15) is 10.6 Å². The Kier molecular flexibility index (Phi) is 5.36. The molecular formula is C16H17NO5S. The van der Waals surface area contributed by atoms with E-state index in [-0.39, 0.29) is 17.2 Å². The smallest absolute Gasteiger partial charge is 0.308 e. The number of hydrogen-bond acceptors (Lipinski definition) is 5. The lowest BCUT2D eigenvalue weighted by Gasteiger charge is -2.11. The Bertz CT molecular complexity index is 784. The average Bonchev–Trinajstić information content (AvgIpc) is 2.53. The van der Waals surface area contributed by atoms with Crippen LogP contribution in [0.4, 0.5) is 0 Å². The van der Waals surface area contributed by atoms with Gasteiger partial charge in [0.05, 0.1) is 7.11 Å². The van der Waals surface area contributed by atoms with E-state index in [1.165, 1.54) is 19.1 Å². The third-order valence-electron chi connectivity index (χ3n) is 3.02. The first kappa shape index (κ1) is 17.0. The van der Waals surface area contributed by atoms with E-state index in [4.69, 9.17) is 9.47 Å². The van der Waals surface area contributed by atoms with Gasteiger partial charge in [-0.1, -0.05) is 24.3 Å². The molecule has 0 saturated carbocycles. The Morgan fingerprint density at radius 2 is 1.74 bits per heavy atom. The number of para-hydroxylation sites is 1. The number of carbonyl (C=O) groups excluding carboxylic acids is 1. The molecule has 0 amide bonds. The topological polar surface area (TPSA) is 81.7 Å². The van der Waals surface area contributed by atoms with E-state index in [0.717, 1.165) is 5.56 Å². The summed E-state index contributed by atoms with van der Waals surface area (Å²) in [5, 5.41) is 0. The Morgan fingerprint density at radius 1 is 1.09 bits per heavy atom. The molecule has 0 bridgehead atoms. The average molecular weight is 335 g/mol. The molecule has 0 atom stereocenters. The van der Waals surface area contributed by atoms with Crippen molar-refractivity contribution in [1.82, 2.24) is 4.72 Å². The molecule has 0 aliphatic carbocycles. The lowest BCUT2D eigenvalue weighted by atomic mass is 10.2. The van der Waals surface area contributed by atoms with Gasteiger partial charge in [-0.25, -0.2) is 13.1 Å². The van der Waals surface area contributed by atoms with Gasteiger partial charge in [0.15, 0.2) is 5.75 Å². The summed E-state index contributed by atoms with van der Waals surface area (Å²) in [6, 6.07) is 13.0. The lowest BCUT2D eigenvalue weighted by molar-refractivity contribution is -0.132. The Hall–Kier alpha value is -2.38. The van der Waals surface area contributed by atoms with Crippen LogP contribution in [0.5, 0.6) is 11.5 Å². The largest absolute Gasteiger partial charge is 0.497 e. The highest BCUT2D eigenvalue weighted by atomic mass is 32.2. The van der Waals surface area contributed by atoms with Crippen LogP contribution in [0.1, 0.15) is 12.5 Å². The van der Waals surface area contributed by atoms with Crippen molar-refractivity contribution in [2.24, 2.45) is 0 Å². The van der Waals surface area contributed by atoms with E-state index < -0.39 is 16.0 Å². The van der Waals surface area contributed by atoms with Gasteiger partial charge in [-0.15, -0.1) is 0 Å². The summed E-state index contributed by atoms with van der Waals surface area (Å²) in [6.07, 6.45) is 0. The number of rotatable bonds is 6. The molecule has 0 fully saturated rings. The number of hydrogen-bond donors (Lipinski definition) is 1. The standard InChI is InChI=1S/C16H17NO5S/c1-12(18)22-15-5-3-4-6-16(15)23(19,20)17-11-13-7-9-14(21-2)10-8-13/h3-10,17H,11H2,1-2H3. The molecule has 0 radical (unpaired) electrons. The van der Waals surface area contributed by atoms with Gasteiger partial charge in [-0.2, -0.15) is 0 Å². The van der Waals surface area contributed by atoms with Crippen LogP contribution < -0.4 is 14.2 Å². The molecule has 2 aromatic rings. The fraction of sp³-hybridized carbons (Fsp3) is 0.188. The summed E-state index contributed by atoms with van der Waals surface area (Å²) in [5.74, 6) is 0.113. The minimum atomic E-state index is -3.81. The van der Waals surface area contributed by atoms with Gasteiger partial charge in [-0.3, -0.25) is 4.79 Å². The predicted octanol–water partition coefficient (Wildman–Crippen LogP) is 2.10. The zero-order chi connectivity index (χ0) is 16.9. The van der Waals surface area contributed by atoms with E-state index in [2.05, 4.69) is 4.72 Å². The van der Waals surface area contributed by atoms with Crippen LogP contribution in [0.25, 0.3) is 0 Å². The number of nitrogens with one attached hydrogen (secondary N) is 1. The number of ether oxygens (including phenoxy) is 2. The van der Waals surface area contributed by atoms with Crippen molar-refractivity contribution in [3.8, 4) is 11.5 Å². The maximum absolute atomic E-state index is 12.4. The number of benzene rings is 2. The van der Waals surface area contributed by atoms with Crippen LogP contribution >= 0.6 is 0 Å². The first-order valence-corrected chi connectivity index (χ1v) is 8.31. The van der Waals surface area contributed by atoms with Gasteiger partial charge in [0, 0.05) is 13.5 Å². The highest BCUT2D eigenvalue weighted by Crippen LogP contribution is 2.23. The van der Waals surface area contributed by atoms with Crippen LogP contribution in [0, 0.1) is 0 Å². The maximum Gasteiger partial charge on any atom is 0.308 e. The van der Waals surface area contributed by atoms with Crippen LogP contribution in [0.15, 0.2) is 53.4 Å². The fourth-order valence-electron chi connectivity index (χ4n) is 1.91. The Balaban J connectivity index is 2.16. The van der Waals surface area contributed by atoms with E-state index in [1.54, 1.807) is 43.5 Å². The molecule has 7 heteroatoms. The molecule has 2 rings (SSSR count). The van der Waals surface area contributed by atoms with Gasteiger partial charge in [0.25, 0.3) is 0 Å². The monoisotopic (exact) mass is 335 g/mol. The van der Waals surface area contributed by atoms with Crippen molar-refractivity contribution >= 4 is 16.0 Å². The molecule has 23 heavy (non-hydrogen) atoms. The quantitative estimate of drug-likeness (QED) is 0.646. The van der Waals surface area contributed by atoms with Crippen molar-refractivity contribution in [2.75, 3.05) is 7.11 Å². The van der Waals surface area contributed by atoms with Gasteiger partial charge >= 0.3 is 5.97 Å². The number of methoxy groups -OCH3 is 1. The first-order chi connectivity index (χ1) is 10.9. The van der Waals surface area contributed by atoms with Gasteiger partial charge in [-0.05, 0) is 29.8 Å². The number of esters is 1. The van der Waals surface area contributed by atoms with E-state index in [1.807, 2.05) is 0 Å². The Morgan fingerprint density at radius 3 is 2.35 bits per heavy atom. The summed E-state index contributed by atoms with van der Waals surface area (Å²) >= 11 is 0. The molecule has 0 spiro atoms. The molecule has 6 nitrogen and oxygen atoms in total. The second-order valence-electron chi connectivity index (χ2n) is 4.71. The SMILES string of the molecule is COc1ccc(CNS(=O)(=O)c2ccccc2OC(C)=O)cc1. The van der Waals surface area contributed by atoms with E-state index in [0.29, 0.717) is 5.75 Å². The van der Waals surface area contributed by atoms with Crippen LogP contribution in [-0.4, -0.2) is 21.5 Å². The molecule has 0 aliphatic rings. The molecule has 122 valence electrons. The fourth-order valence-corrected chi connectivity index (χ4v) is 3.06. The van der Waals surface area contributed by atoms with E-state index in [9.17, 15) is 13.2 Å². The van der Waals surface area contributed by atoms with E-state index >= 15 is 0 Å². The normalized spacial score (nSPS) is 11.0. The van der Waals surface area contributed by atoms with Gasteiger partial charge < -0.3 is 9.47 Å². The van der Waals surface area contributed by atoms with Crippen LogP contribution in [0.2, 0.25) is 0 Å². The van der Waals surface area contributed by atoms with Crippen molar-refractivity contribution in [2.45, 2.75) is 18.4 Å². The molecule has 0 saturated heterocycles. The van der Waals surface area contributed by atoms with Crippen molar-refractivity contribution < 1.29 is 22.7 Å². The highest BCUT2D eigenvalue weighted by Gasteiger charge is 2.19. The van der Waals surface area contributed by atoms with Gasteiger partial charge in [0.2, 0.25) is 10.0 Å². The minimum absolute atomic E-state index is 0.00207. The minimum Gasteiger partial charge on any atom is -0.497 e. The third kappa shape index (κ3) is 4.54. The second-order valence-corrected chi connectivity index (χ2v) is 6.45. The molecule has 0 unspecified atom stereocenters. The van der Waals surface area contributed by atoms with Crippen molar-refractivity contribution in [1.29, 1.82) is 0 Å².